The first kappa shape index (κ1) is 17.3. The van der Waals surface area contributed by atoms with Crippen molar-refractivity contribution >= 4 is 33.2 Å². The molecule has 1 spiro atoms. The van der Waals surface area contributed by atoms with E-state index in [-0.39, 0.29) is 5.78 Å². The lowest BCUT2D eigenvalue weighted by molar-refractivity contribution is 0.0379. The van der Waals surface area contributed by atoms with Gasteiger partial charge >= 0.3 is 0 Å². The van der Waals surface area contributed by atoms with Crippen LogP contribution in [0.25, 0.3) is 5.76 Å². The van der Waals surface area contributed by atoms with E-state index in [1.807, 2.05) is 73.8 Å². The van der Waals surface area contributed by atoms with Crippen molar-refractivity contribution in [3.05, 3.63) is 106 Å². The van der Waals surface area contributed by atoms with Gasteiger partial charge in [0, 0.05) is 33.9 Å². The van der Waals surface area contributed by atoms with Crippen molar-refractivity contribution in [2.75, 3.05) is 18.5 Å². The quantitative estimate of drug-likeness (QED) is 0.518. The highest BCUT2D eigenvalue weighted by Gasteiger charge is 2.57. The van der Waals surface area contributed by atoms with E-state index in [1.165, 1.54) is 0 Å². The van der Waals surface area contributed by atoms with Crippen LogP contribution in [-0.4, -0.2) is 19.4 Å². The lowest BCUT2D eigenvalue weighted by atomic mass is 9.77. The maximum absolute atomic E-state index is 13.6. The Morgan fingerprint density at radius 1 is 1.00 bits per heavy atom. The van der Waals surface area contributed by atoms with Crippen LogP contribution in [0.5, 0.6) is 0 Å². The Morgan fingerprint density at radius 2 is 1.68 bits per heavy atom. The molecule has 3 nitrogen and oxygen atoms in total. The average Bonchev–Trinajstić information content (AvgIpc) is 3.01. The minimum absolute atomic E-state index is 0.0203. The predicted molar refractivity (Wildman–Crippen MR) is 114 cm³/mol. The average molecular weight is 432 g/mol. The van der Waals surface area contributed by atoms with E-state index in [4.69, 9.17) is 4.74 Å². The second-order valence-electron chi connectivity index (χ2n) is 7.21. The first-order chi connectivity index (χ1) is 13.6. The van der Waals surface area contributed by atoms with E-state index in [2.05, 4.69) is 33.0 Å². The zero-order valence-corrected chi connectivity index (χ0v) is 16.9. The van der Waals surface area contributed by atoms with Crippen molar-refractivity contribution in [2.45, 2.75) is 5.60 Å². The van der Waals surface area contributed by atoms with E-state index < -0.39 is 5.60 Å². The summed E-state index contributed by atoms with van der Waals surface area (Å²) in [5.41, 5.74) is 3.72. The molecule has 3 aromatic rings. The molecule has 0 aromatic heterocycles. The summed E-state index contributed by atoms with van der Waals surface area (Å²) in [6.45, 7) is 0.614. The number of rotatable bonds is 3. The normalized spacial score (nSPS) is 20.0. The number of carbonyl (C=O) groups excluding carboxylic acids is 1. The molecule has 0 saturated heterocycles. The lowest BCUT2D eigenvalue weighted by Crippen LogP contribution is -2.46. The van der Waals surface area contributed by atoms with Gasteiger partial charge < -0.3 is 9.64 Å². The van der Waals surface area contributed by atoms with Crippen molar-refractivity contribution < 1.29 is 9.53 Å². The number of benzene rings is 3. The monoisotopic (exact) mass is 431 g/mol. The minimum atomic E-state index is -0.744. The molecule has 2 heterocycles. The third kappa shape index (κ3) is 2.45. The molecule has 28 heavy (non-hydrogen) atoms. The Hall–Kier alpha value is -2.85. The first-order valence-electron chi connectivity index (χ1n) is 9.20. The highest BCUT2D eigenvalue weighted by molar-refractivity contribution is 9.10. The molecule has 0 radical (unpaired) electrons. The molecule has 138 valence electrons. The fraction of sp³-hybridized carbons (Fsp3) is 0.125. The number of Topliss-reactive ketones (excluding diaryl/α,β-unsaturated/α-hetero) is 1. The number of hydrogen-bond acceptors (Lipinski definition) is 3. The Morgan fingerprint density at radius 3 is 2.39 bits per heavy atom. The zero-order valence-electron chi connectivity index (χ0n) is 15.4. The molecule has 0 bridgehead atoms. The standard InChI is InChI=1S/C24H18BrNO2/c1-26-15-24(19-14-18(25)12-13-20(19)26)21(22(27)16-8-4-2-5-9-16)23(28-24)17-10-6-3-7-11-17/h2-14H,15H2,1H3/t24-/m1/s1. The number of fused-ring (bicyclic) bond motifs is 2. The van der Waals surface area contributed by atoms with Gasteiger partial charge in [-0.15, -0.1) is 0 Å². The summed E-state index contributed by atoms with van der Waals surface area (Å²) < 4.78 is 7.45. The van der Waals surface area contributed by atoms with Crippen molar-refractivity contribution in [3.63, 3.8) is 0 Å². The van der Waals surface area contributed by atoms with Crippen LogP contribution in [0.4, 0.5) is 5.69 Å². The molecule has 0 fully saturated rings. The molecule has 2 aliphatic heterocycles. The molecule has 0 N–H and O–H groups in total. The summed E-state index contributed by atoms with van der Waals surface area (Å²) in [5, 5.41) is 0. The summed E-state index contributed by atoms with van der Waals surface area (Å²) in [6, 6.07) is 25.5. The molecule has 0 amide bonds. The third-order valence-electron chi connectivity index (χ3n) is 5.47. The first-order valence-corrected chi connectivity index (χ1v) is 9.99. The maximum Gasteiger partial charge on any atom is 0.197 e. The van der Waals surface area contributed by atoms with Crippen LogP contribution in [-0.2, 0) is 10.3 Å². The van der Waals surface area contributed by atoms with Crippen molar-refractivity contribution in [1.82, 2.24) is 0 Å². The Balaban J connectivity index is 1.72. The molecule has 0 saturated carbocycles. The summed E-state index contributed by atoms with van der Waals surface area (Å²) >= 11 is 3.58. The van der Waals surface area contributed by atoms with Gasteiger partial charge in [0.1, 0.15) is 5.76 Å². The fourth-order valence-corrected chi connectivity index (χ4v) is 4.56. The fourth-order valence-electron chi connectivity index (χ4n) is 4.20. The van der Waals surface area contributed by atoms with E-state index in [1.54, 1.807) is 0 Å². The van der Waals surface area contributed by atoms with Gasteiger partial charge in [-0.3, -0.25) is 4.79 Å². The molecule has 2 aliphatic rings. The number of halogens is 1. The number of ketones is 1. The lowest BCUT2D eigenvalue weighted by Gasteiger charge is -2.43. The van der Waals surface area contributed by atoms with E-state index in [0.29, 0.717) is 17.9 Å². The van der Waals surface area contributed by atoms with E-state index >= 15 is 0 Å². The zero-order chi connectivity index (χ0) is 19.3. The molecule has 3 aromatic carbocycles. The molecule has 0 unspecified atom stereocenters. The molecule has 4 heteroatoms. The van der Waals surface area contributed by atoms with Gasteiger partial charge in [-0.2, -0.15) is 0 Å². The van der Waals surface area contributed by atoms with Gasteiger partial charge in [-0.25, -0.2) is 0 Å². The number of likely N-dealkylation sites (N-methyl/N-ethyl adjacent to an activating group) is 1. The van der Waals surface area contributed by atoms with Crippen LogP contribution in [0.1, 0.15) is 21.5 Å². The molecule has 0 aliphatic carbocycles. The van der Waals surface area contributed by atoms with Crippen LogP contribution in [0.2, 0.25) is 0 Å². The van der Waals surface area contributed by atoms with Crippen LogP contribution < -0.4 is 4.90 Å². The minimum Gasteiger partial charge on any atom is -0.474 e. The van der Waals surface area contributed by atoms with Crippen molar-refractivity contribution in [1.29, 1.82) is 0 Å². The number of anilines is 1. The number of hydrogen-bond donors (Lipinski definition) is 0. The van der Waals surface area contributed by atoms with Gasteiger partial charge in [0.15, 0.2) is 11.4 Å². The van der Waals surface area contributed by atoms with Gasteiger partial charge in [0.2, 0.25) is 0 Å². The third-order valence-corrected chi connectivity index (χ3v) is 5.96. The van der Waals surface area contributed by atoms with Crippen LogP contribution >= 0.6 is 15.9 Å². The number of carbonyl (C=O) groups is 1. The second-order valence-corrected chi connectivity index (χ2v) is 8.13. The van der Waals surface area contributed by atoms with Crippen LogP contribution in [0.3, 0.4) is 0 Å². The number of ether oxygens (including phenoxy) is 1. The van der Waals surface area contributed by atoms with Gasteiger partial charge in [0.25, 0.3) is 0 Å². The van der Waals surface area contributed by atoms with Gasteiger partial charge in [-0.05, 0) is 18.2 Å². The SMILES string of the molecule is CN1C[C@@]2(OC(c3ccccc3)=C2C(=O)c2ccccc2)c2cc(Br)ccc21. The van der Waals surface area contributed by atoms with Crippen LogP contribution in [0, 0.1) is 0 Å². The Bertz CT molecular complexity index is 1110. The van der Waals surface area contributed by atoms with E-state index in [9.17, 15) is 4.79 Å². The summed E-state index contributed by atoms with van der Waals surface area (Å²) in [7, 11) is 2.04. The predicted octanol–water partition coefficient (Wildman–Crippen LogP) is 5.42. The molecular weight excluding hydrogens is 414 g/mol. The van der Waals surface area contributed by atoms with Crippen molar-refractivity contribution in [2.24, 2.45) is 0 Å². The summed E-state index contributed by atoms with van der Waals surface area (Å²) in [6.07, 6.45) is 0. The highest BCUT2D eigenvalue weighted by Crippen LogP contribution is 2.57. The summed E-state index contributed by atoms with van der Waals surface area (Å²) in [4.78, 5) is 15.8. The van der Waals surface area contributed by atoms with Crippen LogP contribution in [0.15, 0.2) is 88.9 Å². The largest absolute Gasteiger partial charge is 0.474 e. The second kappa shape index (κ2) is 6.35. The molecule has 1 atom stereocenters. The maximum atomic E-state index is 13.6. The smallest absolute Gasteiger partial charge is 0.197 e. The summed E-state index contributed by atoms with van der Waals surface area (Å²) in [5.74, 6) is 0.697. The highest BCUT2D eigenvalue weighted by atomic mass is 79.9. The van der Waals surface area contributed by atoms with Crippen molar-refractivity contribution in [3.8, 4) is 0 Å². The molecule has 5 rings (SSSR count). The number of nitrogens with zero attached hydrogens (tertiary/aromatic N) is 1. The molecular formula is C24H18BrNO2. The van der Waals surface area contributed by atoms with Gasteiger partial charge in [0.05, 0.1) is 12.1 Å². The topological polar surface area (TPSA) is 29.5 Å². The van der Waals surface area contributed by atoms with E-state index in [0.717, 1.165) is 26.9 Å². The van der Waals surface area contributed by atoms with Gasteiger partial charge in [-0.1, -0.05) is 76.6 Å². The Labute approximate surface area is 172 Å². The Kier molecular flexibility index (Phi) is 3.91.